The van der Waals surface area contributed by atoms with Gasteiger partial charge < -0.3 is 15.5 Å². The molecular formula is C10H16N2O. The molecule has 1 aliphatic carbocycles. The molecule has 1 heterocycles. The van der Waals surface area contributed by atoms with Crippen LogP contribution in [0.1, 0.15) is 30.4 Å². The topological polar surface area (TPSA) is 51.2 Å². The summed E-state index contributed by atoms with van der Waals surface area (Å²) in [7, 11) is 0. The largest absolute Gasteiger partial charge is 0.465 e. The van der Waals surface area contributed by atoms with Crippen molar-refractivity contribution in [3.8, 4) is 0 Å². The molecule has 1 fully saturated rings. The maximum Gasteiger partial charge on any atom is 0.122 e. The second kappa shape index (κ2) is 3.52. The summed E-state index contributed by atoms with van der Waals surface area (Å²) >= 11 is 0. The van der Waals surface area contributed by atoms with E-state index < -0.39 is 0 Å². The van der Waals surface area contributed by atoms with E-state index in [1.807, 2.05) is 19.1 Å². The third-order valence-corrected chi connectivity index (χ3v) is 2.33. The van der Waals surface area contributed by atoms with Crippen molar-refractivity contribution in [2.75, 3.05) is 6.54 Å². The van der Waals surface area contributed by atoms with Gasteiger partial charge in [0.2, 0.25) is 0 Å². The minimum absolute atomic E-state index is 0.00528. The highest BCUT2D eigenvalue weighted by Gasteiger charge is 2.21. The van der Waals surface area contributed by atoms with Crippen LogP contribution in [0.15, 0.2) is 16.5 Å². The first-order chi connectivity index (χ1) is 6.25. The molecule has 1 aromatic rings. The Hall–Kier alpha value is -0.800. The number of nitrogens with two attached hydrogens (primary N) is 1. The van der Waals surface area contributed by atoms with Gasteiger partial charge in [-0.2, -0.15) is 0 Å². The van der Waals surface area contributed by atoms with Crippen molar-refractivity contribution in [3.05, 3.63) is 23.7 Å². The van der Waals surface area contributed by atoms with Crippen molar-refractivity contribution in [2.24, 2.45) is 5.73 Å². The Balaban J connectivity index is 1.84. The quantitative estimate of drug-likeness (QED) is 0.735. The van der Waals surface area contributed by atoms with Gasteiger partial charge in [-0.25, -0.2) is 0 Å². The molecule has 1 atom stereocenters. The van der Waals surface area contributed by atoms with Crippen LogP contribution in [0, 0.1) is 6.92 Å². The molecule has 3 heteroatoms. The first-order valence-corrected chi connectivity index (χ1v) is 4.81. The molecular weight excluding hydrogens is 164 g/mol. The lowest BCUT2D eigenvalue weighted by atomic mass is 10.2. The van der Waals surface area contributed by atoms with E-state index in [0.29, 0.717) is 6.04 Å². The van der Waals surface area contributed by atoms with E-state index in [1.165, 1.54) is 12.8 Å². The molecule has 72 valence electrons. The van der Waals surface area contributed by atoms with Crippen molar-refractivity contribution in [1.82, 2.24) is 5.32 Å². The smallest absolute Gasteiger partial charge is 0.122 e. The van der Waals surface area contributed by atoms with Crippen LogP contribution in [0.25, 0.3) is 0 Å². The highest BCUT2D eigenvalue weighted by atomic mass is 16.3. The lowest BCUT2D eigenvalue weighted by Gasteiger charge is -2.09. The average Bonchev–Trinajstić information content (AvgIpc) is 2.84. The summed E-state index contributed by atoms with van der Waals surface area (Å²) in [6, 6.07) is 4.61. The number of aryl methyl sites for hydroxylation is 1. The maximum atomic E-state index is 5.93. The molecule has 3 N–H and O–H groups in total. The maximum absolute atomic E-state index is 5.93. The first kappa shape index (κ1) is 8.78. The van der Waals surface area contributed by atoms with E-state index in [2.05, 4.69) is 5.32 Å². The second-order valence-electron chi connectivity index (χ2n) is 3.74. The van der Waals surface area contributed by atoms with Crippen LogP contribution >= 0.6 is 0 Å². The molecule has 0 saturated heterocycles. The van der Waals surface area contributed by atoms with Gasteiger partial charge in [0.25, 0.3) is 0 Å². The van der Waals surface area contributed by atoms with Crippen LogP contribution in [0.4, 0.5) is 0 Å². The number of hydrogen-bond acceptors (Lipinski definition) is 3. The van der Waals surface area contributed by atoms with Crippen LogP contribution in [0.3, 0.4) is 0 Å². The summed E-state index contributed by atoms with van der Waals surface area (Å²) in [6.45, 7) is 2.75. The van der Waals surface area contributed by atoms with E-state index in [0.717, 1.165) is 18.1 Å². The number of furan rings is 1. The molecule has 0 bridgehead atoms. The van der Waals surface area contributed by atoms with Gasteiger partial charge in [0.15, 0.2) is 0 Å². The fraction of sp³-hybridized carbons (Fsp3) is 0.600. The molecule has 0 aromatic carbocycles. The molecule has 1 saturated carbocycles. The van der Waals surface area contributed by atoms with Gasteiger partial charge in [0.1, 0.15) is 11.5 Å². The number of rotatable bonds is 4. The predicted octanol–water partition coefficient (Wildman–Crippen LogP) is 1.34. The van der Waals surface area contributed by atoms with Crippen molar-refractivity contribution in [1.29, 1.82) is 0 Å². The molecule has 3 nitrogen and oxygen atoms in total. The van der Waals surface area contributed by atoms with Crippen LogP contribution in [0.5, 0.6) is 0 Å². The minimum atomic E-state index is -0.00528. The summed E-state index contributed by atoms with van der Waals surface area (Å²) in [4.78, 5) is 0. The van der Waals surface area contributed by atoms with Gasteiger partial charge in [-0.15, -0.1) is 0 Å². The average molecular weight is 180 g/mol. The molecule has 1 aromatic heterocycles. The Kier molecular flexibility index (Phi) is 2.38. The van der Waals surface area contributed by atoms with Gasteiger partial charge in [-0.1, -0.05) is 0 Å². The third-order valence-electron chi connectivity index (χ3n) is 2.33. The summed E-state index contributed by atoms with van der Waals surface area (Å²) in [6.07, 6.45) is 2.59. The van der Waals surface area contributed by atoms with Crippen LogP contribution in [0.2, 0.25) is 0 Å². The second-order valence-corrected chi connectivity index (χ2v) is 3.74. The lowest BCUT2D eigenvalue weighted by molar-refractivity contribution is 0.433. The van der Waals surface area contributed by atoms with E-state index in [4.69, 9.17) is 10.2 Å². The van der Waals surface area contributed by atoms with Gasteiger partial charge in [-0.3, -0.25) is 0 Å². The lowest BCUT2D eigenvalue weighted by Crippen LogP contribution is -2.28. The Labute approximate surface area is 78.3 Å². The molecule has 0 amide bonds. The Morgan fingerprint density at radius 2 is 2.38 bits per heavy atom. The van der Waals surface area contributed by atoms with Gasteiger partial charge >= 0.3 is 0 Å². The predicted molar refractivity (Wildman–Crippen MR) is 51.4 cm³/mol. The Bertz CT molecular complexity index is 278. The highest BCUT2D eigenvalue weighted by Crippen LogP contribution is 2.20. The third kappa shape index (κ3) is 2.32. The Morgan fingerprint density at radius 3 is 2.92 bits per heavy atom. The van der Waals surface area contributed by atoms with E-state index >= 15 is 0 Å². The van der Waals surface area contributed by atoms with Crippen LogP contribution < -0.4 is 11.1 Å². The minimum Gasteiger partial charge on any atom is -0.465 e. The molecule has 0 radical (unpaired) electrons. The number of nitrogens with one attached hydrogen (secondary N) is 1. The summed E-state index contributed by atoms with van der Waals surface area (Å²) in [5.41, 5.74) is 5.93. The zero-order valence-corrected chi connectivity index (χ0v) is 7.92. The monoisotopic (exact) mass is 180 g/mol. The standard InChI is InChI=1S/C10H16N2O/c1-7-2-5-10(13-7)9(11)6-12-8-3-4-8/h2,5,8-9,12H,3-4,6,11H2,1H3. The molecule has 2 rings (SSSR count). The zero-order valence-electron chi connectivity index (χ0n) is 7.92. The van der Waals surface area contributed by atoms with Gasteiger partial charge in [-0.05, 0) is 31.9 Å². The van der Waals surface area contributed by atoms with E-state index in [9.17, 15) is 0 Å². The van der Waals surface area contributed by atoms with Crippen molar-refractivity contribution >= 4 is 0 Å². The molecule has 1 aliphatic rings. The van der Waals surface area contributed by atoms with Gasteiger partial charge in [0, 0.05) is 12.6 Å². The molecule has 0 aliphatic heterocycles. The van der Waals surface area contributed by atoms with Crippen LogP contribution in [-0.2, 0) is 0 Å². The van der Waals surface area contributed by atoms with E-state index in [-0.39, 0.29) is 6.04 Å². The summed E-state index contributed by atoms with van der Waals surface area (Å²) in [5, 5.41) is 3.38. The molecule has 1 unspecified atom stereocenters. The SMILES string of the molecule is Cc1ccc(C(N)CNC2CC2)o1. The van der Waals surface area contributed by atoms with E-state index in [1.54, 1.807) is 0 Å². The normalized spacial score (nSPS) is 18.9. The molecule has 0 spiro atoms. The molecule has 13 heavy (non-hydrogen) atoms. The fourth-order valence-electron chi connectivity index (χ4n) is 1.33. The fourth-order valence-corrected chi connectivity index (χ4v) is 1.33. The summed E-state index contributed by atoms with van der Waals surface area (Å²) in [5.74, 6) is 1.81. The van der Waals surface area contributed by atoms with Crippen molar-refractivity contribution < 1.29 is 4.42 Å². The number of hydrogen-bond donors (Lipinski definition) is 2. The highest BCUT2D eigenvalue weighted by molar-refractivity contribution is 5.09. The first-order valence-electron chi connectivity index (χ1n) is 4.81. The summed E-state index contributed by atoms with van der Waals surface area (Å²) < 4.78 is 5.43. The zero-order chi connectivity index (χ0) is 9.26. The van der Waals surface area contributed by atoms with Crippen LogP contribution in [-0.4, -0.2) is 12.6 Å². The van der Waals surface area contributed by atoms with Crippen molar-refractivity contribution in [2.45, 2.75) is 31.8 Å². The van der Waals surface area contributed by atoms with Crippen molar-refractivity contribution in [3.63, 3.8) is 0 Å². The Morgan fingerprint density at radius 1 is 1.62 bits per heavy atom. The van der Waals surface area contributed by atoms with Gasteiger partial charge in [0.05, 0.1) is 6.04 Å².